The van der Waals surface area contributed by atoms with Crippen molar-refractivity contribution >= 4 is 8.32 Å². The van der Waals surface area contributed by atoms with Gasteiger partial charge in [0.2, 0.25) is 0 Å². The average Bonchev–Trinajstić information content (AvgIpc) is 2.76. The molecule has 3 saturated carbocycles. The fourth-order valence-electron chi connectivity index (χ4n) is 7.47. The van der Waals surface area contributed by atoms with Crippen molar-refractivity contribution in [1.82, 2.24) is 0 Å². The minimum Gasteiger partial charge on any atom is -0.414 e. The Kier molecular flexibility index (Phi) is 4.39. The summed E-state index contributed by atoms with van der Waals surface area (Å²) in [5.41, 5.74) is 1.77. The maximum Gasteiger partial charge on any atom is 0.184 e. The quantitative estimate of drug-likeness (QED) is 0.479. The minimum atomic E-state index is -1.46. The van der Waals surface area contributed by atoms with Gasteiger partial charge in [-0.3, -0.25) is 0 Å². The fourth-order valence-corrected chi connectivity index (χ4v) is 8.67. The molecule has 0 unspecified atom stereocenters. The average molecular weight is 377 g/mol. The Morgan fingerprint density at radius 2 is 1.69 bits per heavy atom. The molecule has 7 atom stereocenters. The number of rotatable bonds is 2. The number of hydrogen-bond donors (Lipinski definition) is 1. The molecule has 4 aliphatic carbocycles. The molecular formula is C23H40O2Si. The smallest absolute Gasteiger partial charge is 0.184 e. The lowest BCUT2D eigenvalue weighted by atomic mass is 9.47. The molecule has 3 fully saturated rings. The highest BCUT2D eigenvalue weighted by molar-refractivity contribution is 6.69. The van der Waals surface area contributed by atoms with Gasteiger partial charge in [-0.05, 0) is 107 Å². The third kappa shape index (κ3) is 2.79. The zero-order valence-electron chi connectivity index (χ0n) is 17.9. The van der Waals surface area contributed by atoms with Gasteiger partial charge in [0.15, 0.2) is 8.32 Å². The fraction of sp³-hybridized carbons (Fsp3) is 0.913. The van der Waals surface area contributed by atoms with Crippen molar-refractivity contribution in [2.45, 2.75) is 103 Å². The van der Waals surface area contributed by atoms with Crippen LogP contribution in [0, 0.1) is 28.6 Å². The van der Waals surface area contributed by atoms with E-state index in [0.29, 0.717) is 17.4 Å². The van der Waals surface area contributed by atoms with Crippen LogP contribution in [0.2, 0.25) is 19.6 Å². The van der Waals surface area contributed by atoms with E-state index in [-0.39, 0.29) is 5.41 Å². The predicted octanol–water partition coefficient (Wildman–Crippen LogP) is 5.92. The van der Waals surface area contributed by atoms with Gasteiger partial charge in [0.1, 0.15) is 0 Å². The predicted molar refractivity (Wildman–Crippen MR) is 111 cm³/mol. The Hall–Kier alpha value is -0.123. The lowest BCUT2D eigenvalue weighted by Gasteiger charge is -2.59. The van der Waals surface area contributed by atoms with Crippen LogP contribution in [0.15, 0.2) is 11.6 Å². The molecule has 3 heteroatoms. The summed E-state index contributed by atoms with van der Waals surface area (Å²) in [4.78, 5) is 0. The van der Waals surface area contributed by atoms with Crippen molar-refractivity contribution < 1.29 is 9.53 Å². The summed E-state index contributed by atoms with van der Waals surface area (Å²) in [5.74, 6) is 2.31. The monoisotopic (exact) mass is 376 g/mol. The van der Waals surface area contributed by atoms with Crippen molar-refractivity contribution in [3.05, 3.63) is 11.6 Å². The van der Waals surface area contributed by atoms with Gasteiger partial charge in [0.05, 0.1) is 5.60 Å². The first-order chi connectivity index (χ1) is 12.0. The second-order valence-corrected chi connectivity index (χ2v) is 16.1. The molecule has 1 N–H and O–H groups in total. The third-order valence-corrected chi connectivity index (χ3v) is 10.2. The van der Waals surface area contributed by atoms with E-state index in [1.165, 1.54) is 44.9 Å². The summed E-state index contributed by atoms with van der Waals surface area (Å²) < 4.78 is 6.49. The molecule has 148 valence electrons. The zero-order chi connectivity index (χ0) is 19.0. The van der Waals surface area contributed by atoms with Crippen LogP contribution >= 0.6 is 0 Å². The van der Waals surface area contributed by atoms with Crippen LogP contribution in [0.5, 0.6) is 0 Å². The summed E-state index contributed by atoms with van der Waals surface area (Å²) in [6.07, 6.45) is 12.8. The van der Waals surface area contributed by atoms with E-state index in [1.807, 2.05) is 0 Å². The lowest BCUT2D eigenvalue weighted by Crippen LogP contribution is -2.54. The second kappa shape index (κ2) is 5.94. The summed E-state index contributed by atoms with van der Waals surface area (Å²) in [6.45, 7) is 14.0. The molecule has 0 spiro atoms. The molecular weight excluding hydrogens is 336 g/mol. The number of fused-ring (bicyclic) bond motifs is 5. The molecule has 0 aromatic carbocycles. The van der Waals surface area contributed by atoms with Gasteiger partial charge >= 0.3 is 0 Å². The van der Waals surface area contributed by atoms with Crippen LogP contribution in [0.3, 0.4) is 0 Å². The van der Waals surface area contributed by atoms with Crippen LogP contribution < -0.4 is 0 Å². The van der Waals surface area contributed by atoms with E-state index >= 15 is 0 Å². The Morgan fingerprint density at radius 1 is 1.00 bits per heavy atom. The SMILES string of the molecule is C[C@]12CC[C@H](O[Si](C)(C)C)CC1=CC[C@@H]1[C@@H]2CC[C@@]2(C)[C@H]1CC[C@@]2(C)O. The standard InChI is InChI=1S/C23H40O2Si/c1-21-12-9-17(25-26(4,5)6)15-16(21)7-8-18-19(21)10-13-22(2)20(18)11-14-23(22,3)24/h7,17-20,24H,8-15H2,1-6H3/t17-,18+,19-,20-,21-,22-,23+/m0/s1. The normalized spacial score (nSPS) is 51.3. The van der Waals surface area contributed by atoms with E-state index in [1.54, 1.807) is 5.57 Å². The molecule has 0 bridgehead atoms. The van der Waals surface area contributed by atoms with Gasteiger partial charge in [0.25, 0.3) is 0 Å². The van der Waals surface area contributed by atoms with Crippen LogP contribution in [0.4, 0.5) is 0 Å². The first-order valence-electron chi connectivity index (χ1n) is 11.1. The Bertz CT molecular complexity index is 604. The topological polar surface area (TPSA) is 29.5 Å². The van der Waals surface area contributed by atoms with Crippen molar-refractivity contribution in [2.75, 3.05) is 0 Å². The van der Waals surface area contributed by atoms with Crippen molar-refractivity contribution in [2.24, 2.45) is 28.6 Å². The van der Waals surface area contributed by atoms with E-state index in [9.17, 15) is 5.11 Å². The lowest BCUT2D eigenvalue weighted by molar-refractivity contribution is -0.115. The van der Waals surface area contributed by atoms with Crippen molar-refractivity contribution in [3.63, 3.8) is 0 Å². The summed E-state index contributed by atoms with van der Waals surface area (Å²) >= 11 is 0. The largest absolute Gasteiger partial charge is 0.414 e. The third-order valence-electron chi connectivity index (χ3n) is 9.14. The van der Waals surface area contributed by atoms with Crippen LogP contribution in [-0.4, -0.2) is 25.1 Å². The zero-order valence-corrected chi connectivity index (χ0v) is 18.9. The van der Waals surface area contributed by atoms with Gasteiger partial charge in [-0.15, -0.1) is 0 Å². The minimum absolute atomic E-state index is 0.133. The van der Waals surface area contributed by atoms with Crippen molar-refractivity contribution in [3.8, 4) is 0 Å². The maximum atomic E-state index is 11.1. The number of allylic oxidation sites excluding steroid dienone is 1. The van der Waals surface area contributed by atoms with Gasteiger partial charge in [0, 0.05) is 6.10 Å². The van der Waals surface area contributed by atoms with E-state index in [2.05, 4.69) is 46.5 Å². The van der Waals surface area contributed by atoms with Gasteiger partial charge < -0.3 is 9.53 Å². The van der Waals surface area contributed by atoms with Crippen LogP contribution in [-0.2, 0) is 4.43 Å². The van der Waals surface area contributed by atoms with Gasteiger partial charge in [-0.1, -0.05) is 25.5 Å². The maximum absolute atomic E-state index is 11.1. The van der Waals surface area contributed by atoms with Crippen LogP contribution in [0.1, 0.15) is 72.1 Å². The molecule has 0 aromatic rings. The molecule has 4 rings (SSSR count). The van der Waals surface area contributed by atoms with Gasteiger partial charge in [-0.25, -0.2) is 0 Å². The Morgan fingerprint density at radius 3 is 2.38 bits per heavy atom. The van der Waals surface area contributed by atoms with E-state index < -0.39 is 13.9 Å². The molecule has 0 amide bonds. The Balaban J connectivity index is 1.58. The molecule has 0 saturated heterocycles. The molecule has 0 radical (unpaired) electrons. The second-order valence-electron chi connectivity index (χ2n) is 11.6. The molecule has 0 aliphatic heterocycles. The molecule has 2 nitrogen and oxygen atoms in total. The highest BCUT2D eigenvalue weighted by atomic mass is 28.4. The summed E-state index contributed by atoms with van der Waals surface area (Å²) in [5, 5.41) is 11.1. The Labute approximate surface area is 161 Å². The first-order valence-corrected chi connectivity index (χ1v) is 14.5. The number of hydrogen-bond acceptors (Lipinski definition) is 2. The molecule has 0 aromatic heterocycles. The number of aliphatic hydroxyl groups is 1. The molecule has 4 aliphatic rings. The summed E-state index contributed by atoms with van der Waals surface area (Å²) in [7, 11) is -1.46. The van der Waals surface area contributed by atoms with Gasteiger partial charge in [-0.2, -0.15) is 0 Å². The highest BCUT2D eigenvalue weighted by Crippen LogP contribution is 2.67. The van der Waals surface area contributed by atoms with Crippen LogP contribution in [0.25, 0.3) is 0 Å². The highest BCUT2D eigenvalue weighted by Gasteiger charge is 2.62. The molecule has 0 heterocycles. The van der Waals surface area contributed by atoms with E-state index in [0.717, 1.165) is 18.3 Å². The molecule has 26 heavy (non-hydrogen) atoms. The van der Waals surface area contributed by atoms with E-state index in [4.69, 9.17) is 4.43 Å². The first kappa shape index (κ1) is 19.2. The van der Waals surface area contributed by atoms with Crippen molar-refractivity contribution in [1.29, 1.82) is 0 Å². The summed E-state index contributed by atoms with van der Waals surface area (Å²) in [6, 6.07) is 0.